The highest BCUT2D eigenvalue weighted by atomic mass is 16.6. The van der Waals surface area contributed by atoms with E-state index in [0.717, 1.165) is 5.57 Å². The van der Waals surface area contributed by atoms with E-state index >= 15 is 0 Å². The lowest BCUT2D eigenvalue weighted by Crippen LogP contribution is -2.53. The van der Waals surface area contributed by atoms with Gasteiger partial charge in [0.05, 0.1) is 24.7 Å². The molecule has 2 rings (SSSR count). The second kappa shape index (κ2) is 3.17. The molecule has 0 aromatic carbocycles. The van der Waals surface area contributed by atoms with Crippen molar-refractivity contribution in [3.63, 3.8) is 0 Å². The summed E-state index contributed by atoms with van der Waals surface area (Å²) in [7, 11) is 0. The van der Waals surface area contributed by atoms with E-state index in [1.165, 1.54) is 0 Å². The van der Waals surface area contributed by atoms with Crippen molar-refractivity contribution >= 4 is 5.78 Å². The molecular formula is C11H16O3. The van der Waals surface area contributed by atoms with Crippen LogP contribution in [-0.2, 0) is 14.3 Å². The summed E-state index contributed by atoms with van der Waals surface area (Å²) in [5.41, 5.74) is 0.339. The first-order valence-electron chi connectivity index (χ1n) is 5.00. The molecule has 78 valence electrons. The molecule has 3 nitrogen and oxygen atoms in total. The molecule has 1 aliphatic carbocycles. The predicted octanol–water partition coefficient (Wildman–Crippen LogP) is 1.33. The maximum Gasteiger partial charge on any atom is 0.166 e. The molecule has 0 saturated carbocycles. The number of hydrogen-bond acceptors (Lipinski definition) is 3. The summed E-state index contributed by atoms with van der Waals surface area (Å²) in [6.45, 7) is 6.91. The highest BCUT2D eigenvalue weighted by Gasteiger charge is 2.47. The number of hydrogen-bond donors (Lipinski definition) is 0. The third-order valence-electron chi connectivity index (χ3n) is 3.06. The van der Waals surface area contributed by atoms with Crippen molar-refractivity contribution in [3.8, 4) is 0 Å². The number of Topliss-reactive ketones (excluding diaryl/α,β-unsaturated/α-hetero) is 1. The lowest BCUT2D eigenvalue weighted by Gasteiger charge is -2.43. The van der Waals surface area contributed by atoms with Gasteiger partial charge in [-0.2, -0.15) is 0 Å². The van der Waals surface area contributed by atoms with Gasteiger partial charge < -0.3 is 9.47 Å². The number of ether oxygens (including phenoxy) is 2. The third-order valence-corrected chi connectivity index (χ3v) is 3.06. The molecule has 2 unspecified atom stereocenters. The maximum atomic E-state index is 11.9. The van der Waals surface area contributed by atoms with Crippen LogP contribution >= 0.6 is 0 Å². The standard InChI is InChI=1S/C11H16O3/c1-7-6-8-10(14-5-4-13-8)11(2,3)9(7)12/h6,8,10H,4-5H2,1-3H3. The molecule has 2 atom stereocenters. The molecule has 1 aliphatic heterocycles. The highest BCUT2D eigenvalue weighted by molar-refractivity contribution is 6.00. The van der Waals surface area contributed by atoms with E-state index in [0.29, 0.717) is 13.2 Å². The van der Waals surface area contributed by atoms with Gasteiger partial charge in [0.2, 0.25) is 0 Å². The van der Waals surface area contributed by atoms with Crippen LogP contribution in [0.2, 0.25) is 0 Å². The molecule has 2 aliphatic rings. The van der Waals surface area contributed by atoms with Crippen LogP contribution in [0.25, 0.3) is 0 Å². The van der Waals surface area contributed by atoms with Crippen LogP contribution in [-0.4, -0.2) is 31.2 Å². The third kappa shape index (κ3) is 1.31. The first kappa shape index (κ1) is 9.87. The average Bonchev–Trinajstić information content (AvgIpc) is 2.15. The second-order valence-corrected chi connectivity index (χ2v) is 4.53. The van der Waals surface area contributed by atoms with Gasteiger partial charge >= 0.3 is 0 Å². The molecule has 0 N–H and O–H groups in total. The monoisotopic (exact) mass is 196 g/mol. The topological polar surface area (TPSA) is 35.5 Å². The van der Waals surface area contributed by atoms with E-state index in [9.17, 15) is 4.79 Å². The molecule has 0 spiro atoms. The average molecular weight is 196 g/mol. The Morgan fingerprint density at radius 2 is 2.00 bits per heavy atom. The molecule has 1 fully saturated rings. The zero-order valence-electron chi connectivity index (χ0n) is 8.87. The lowest BCUT2D eigenvalue weighted by atomic mass is 9.72. The van der Waals surface area contributed by atoms with Gasteiger partial charge in [-0.25, -0.2) is 0 Å². The van der Waals surface area contributed by atoms with Crippen LogP contribution in [0.15, 0.2) is 11.6 Å². The van der Waals surface area contributed by atoms with Crippen LogP contribution in [0.4, 0.5) is 0 Å². The molecule has 14 heavy (non-hydrogen) atoms. The van der Waals surface area contributed by atoms with Crippen LogP contribution in [0.3, 0.4) is 0 Å². The van der Waals surface area contributed by atoms with E-state index in [4.69, 9.17) is 9.47 Å². The number of carbonyl (C=O) groups excluding carboxylic acids is 1. The van der Waals surface area contributed by atoms with E-state index in [1.54, 1.807) is 0 Å². The van der Waals surface area contributed by atoms with Crippen molar-refractivity contribution in [3.05, 3.63) is 11.6 Å². The number of allylic oxidation sites excluding steroid dienone is 1. The molecular weight excluding hydrogens is 180 g/mol. The van der Waals surface area contributed by atoms with E-state index < -0.39 is 5.41 Å². The maximum absolute atomic E-state index is 11.9. The molecule has 0 radical (unpaired) electrons. The Morgan fingerprint density at radius 3 is 2.71 bits per heavy atom. The van der Waals surface area contributed by atoms with Gasteiger partial charge in [0, 0.05) is 0 Å². The summed E-state index contributed by atoms with van der Waals surface area (Å²) in [6, 6.07) is 0. The first-order chi connectivity index (χ1) is 6.53. The fourth-order valence-electron chi connectivity index (χ4n) is 2.26. The molecule has 0 bridgehead atoms. The zero-order valence-corrected chi connectivity index (χ0v) is 8.87. The Morgan fingerprint density at radius 1 is 1.36 bits per heavy atom. The lowest BCUT2D eigenvalue weighted by molar-refractivity contribution is -0.173. The minimum absolute atomic E-state index is 0.0450. The Kier molecular flexibility index (Phi) is 2.24. The Labute approximate surface area is 84.1 Å². The minimum Gasteiger partial charge on any atom is -0.372 e. The Bertz CT molecular complexity index is 291. The van der Waals surface area contributed by atoms with Gasteiger partial charge in [-0.15, -0.1) is 0 Å². The predicted molar refractivity (Wildman–Crippen MR) is 52.0 cm³/mol. The van der Waals surface area contributed by atoms with Gasteiger partial charge in [-0.3, -0.25) is 4.79 Å². The van der Waals surface area contributed by atoms with Gasteiger partial charge in [0.25, 0.3) is 0 Å². The van der Waals surface area contributed by atoms with Crippen molar-refractivity contribution < 1.29 is 14.3 Å². The quantitative estimate of drug-likeness (QED) is 0.586. The number of fused-ring (bicyclic) bond motifs is 1. The molecule has 1 heterocycles. The molecule has 3 heteroatoms. The van der Waals surface area contributed by atoms with E-state index in [2.05, 4.69) is 0 Å². The summed E-state index contributed by atoms with van der Waals surface area (Å²) in [5.74, 6) is 0.171. The summed E-state index contributed by atoms with van der Waals surface area (Å²) in [6.07, 6.45) is 1.72. The first-order valence-corrected chi connectivity index (χ1v) is 5.00. The molecule has 1 saturated heterocycles. The molecule has 0 aromatic rings. The minimum atomic E-state index is -0.454. The van der Waals surface area contributed by atoms with Crippen molar-refractivity contribution in [1.29, 1.82) is 0 Å². The van der Waals surface area contributed by atoms with Crippen LogP contribution in [0.5, 0.6) is 0 Å². The Balaban J connectivity index is 2.36. The largest absolute Gasteiger partial charge is 0.372 e. The number of carbonyl (C=O) groups is 1. The number of ketones is 1. The van der Waals surface area contributed by atoms with E-state index in [1.807, 2.05) is 26.8 Å². The second-order valence-electron chi connectivity index (χ2n) is 4.53. The smallest absolute Gasteiger partial charge is 0.166 e. The molecule has 0 aromatic heterocycles. The van der Waals surface area contributed by atoms with Gasteiger partial charge in [-0.1, -0.05) is 0 Å². The van der Waals surface area contributed by atoms with Crippen molar-refractivity contribution in [2.45, 2.75) is 33.0 Å². The fraction of sp³-hybridized carbons (Fsp3) is 0.727. The van der Waals surface area contributed by atoms with Crippen LogP contribution in [0.1, 0.15) is 20.8 Å². The molecule has 0 amide bonds. The number of rotatable bonds is 0. The van der Waals surface area contributed by atoms with Crippen molar-refractivity contribution in [1.82, 2.24) is 0 Å². The van der Waals surface area contributed by atoms with Crippen LogP contribution < -0.4 is 0 Å². The summed E-state index contributed by atoms with van der Waals surface area (Å²) in [5, 5.41) is 0. The zero-order chi connectivity index (χ0) is 10.3. The Hall–Kier alpha value is -0.670. The van der Waals surface area contributed by atoms with Crippen LogP contribution in [0, 0.1) is 5.41 Å². The highest BCUT2D eigenvalue weighted by Crippen LogP contribution is 2.37. The van der Waals surface area contributed by atoms with Gasteiger partial charge in [0.15, 0.2) is 5.78 Å². The summed E-state index contributed by atoms with van der Waals surface area (Å²) >= 11 is 0. The fourth-order valence-corrected chi connectivity index (χ4v) is 2.26. The van der Waals surface area contributed by atoms with E-state index in [-0.39, 0.29) is 18.0 Å². The van der Waals surface area contributed by atoms with Crippen molar-refractivity contribution in [2.24, 2.45) is 5.41 Å². The SMILES string of the molecule is CC1=CC2OCCOC2C(C)(C)C1=O. The summed E-state index contributed by atoms with van der Waals surface area (Å²) in [4.78, 5) is 11.9. The van der Waals surface area contributed by atoms with Crippen molar-refractivity contribution in [2.75, 3.05) is 13.2 Å². The normalized spacial score (nSPS) is 36.2. The van der Waals surface area contributed by atoms with Gasteiger partial charge in [-0.05, 0) is 32.4 Å². The summed E-state index contributed by atoms with van der Waals surface area (Å²) < 4.78 is 11.2. The van der Waals surface area contributed by atoms with Gasteiger partial charge in [0.1, 0.15) is 6.10 Å².